The topological polar surface area (TPSA) is 72.6 Å². The van der Waals surface area contributed by atoms with Crippen LogP contribution in [0.3, 0.4) is 0 Å². The van der Waals surface area contributed by atoms with E-state index in [4.69, 9.17) is 10.5 Å². The predicted molar refractivity (Wildman–Crippen MR) is 88.6 cm³/mol. The van der Waals surface area contributed by atoms with Crippen LogP contribution < -0.4 is 5.73 Å². The molecule has 2 N–H and O–H groups in total. The average molecular weight is 354 g/mol. The van der Waals surface area contributed by atoms with Gasteiger partial charge in [0.15, 0.2) is 11.6 Å². The van der Waals surface area contributed by atoms with Gasteiger partial charge in [0.05, 0.1) is 6.42 Å². The highest BCUT2D eigenvalue weighted by molar-refractivity contribution is 5.79. The summed E-state index contributed by atoms with van der Waals surface area (Å²) >= 11 is 0. The van der Waals surface area contributed by atoms with E-state index < -0.39 is 11.6 Å². The van der Waals surface area contributed by atoms with Crippen molar-refractivity contribution in [3.63, 3.8) is 0 Å². The van der Waals surface area contributed by atoms with E-state index in [2.05, 4.69) is 0 Å². The fraction of sp³-hybridized carbons (Fsp3) is 0.556. The van der Waals surface area contributed by atoms with Crippen LogP contribution >= 0.6 is 0 Å². The third-order valence-electron chi connectivity index (χ3n) is 4.55. The Bertz CT molecular complexity index is 639. The molecule has 1 saturated carbocycles. The van der Waals surface area contributed by atoms with E-state index >= 15 is 0 Å². The normalized spacial score (nSPS) is 23.2. The first kappa shape index (κ1) is 19.3. The molecule has 3 atom stereocenters. The van der Waals surface area contributed by atoms with Crippen molar-refractivity contribution in [2.75, 3.05) is 6.54 Å². The molecule has 3 unspecified atom stereocenters. The van der Waals surface area contributed by atoms with Crippen LogP contribution in [0.4, 0.5) is 8.78 Å². The molecule has 1 amide bonds. The summed E-state index contributed by atoms with van der Waals surface area (Å²) in [5.41, 5.74) is 6.62. The lowest BCUT2D eigenvalue weighted by molar-refractivity contribution is -0.150. The Kier molecular flexibility index (Phi) is 6.47. The Morgan fingerprint density at radius 1 is 1.28 bits per heavy atom. The summed E-state index contributed by atoms with van der Waals surface area (Å²) in [5.74, 6) is -2.42. The van der Waals surface area contributed by atoms with Crippen LogP contribution in [0.5, 0.6) is 0 Å². The van der Waals surface area contributed by atoms with Crippen LogP contribution in [0, 0.1) is 11.6 Å². The number of carbonyl (C=O) groups excluding carboxylic acids is 2. The molecular weight excluding hydrogens is 330 g/mol. The molecular formula is C18H24F2N2O3. The Labute approximate surface area is 146 Å². The second-order valence-corrected chi connectivity index (χ2v) is 6.38. The molecule has 1 fully saturated rings. The molecule has 138 valence electrons. The van der Waals surface area contributed by atoms with Gasteiger partial charge >= 0.3 is 5.97 Å². The van der Waals surface area contributed by atoms with Gasteiger partial charge in [-0.2, -0.15) is 0 Å². The molecule has 5 nitrogen and oxygen atoms in total. The van der Waals surface area contributed by atoms with Gasteiger partial charge in [0.2, 0.25) is 5.91 Å². The molecule has 7 heteroatoms. The summed E-state index contributed by atoms with van der Waals surface area (Å²) in [7, 11) is 0. The Balaban J connectivity index is 2.02. The third-order valence-corrected chi connectivity index (χ3v) is 4.55. The molecule has 2 rings (SSSR count). The first-order chi connectivity index (χ1) is 11.8. The van der Waals surface area contributed by atoms with Crippen LogP contribution in [0.15, 0.2) is 18.2 Å². The molecule has 25 heavy (non-hydrogen) atoms. The van der Waals surface area contributed by atoms with Crippen LogP contribution in [0.1, 0.15) is 38.7 Å². The monoisotopic (exact) mass is 354 g/mol. The minimum Gasteiger partial charge on any atom is -0.463 e. The predicted octanol–water partition coefficient (Wildman–Crippen LogP) is 2.17. The smallest absolute Gasteiger partial charge is 0.302 e. The highest BCUT2D eigenvalue weighted by Gasteiger charge is 2.34. The number of amides is 1. The number of hydrogen-bond acceptors (Lipinski definition) is 4. The van der Waals surface area contributed by atoms with Gasteiger partial charge in [-0.15, -0.1) is 0 Å². The molecule has 0 radical (unpaired) electrons. The van der Waals surface area contributed by atoms with Crippen molar-refractivity contribution in [1.29, 1.82) is 0 Å². The van der Waals surface area contributed by atoms with E-state index in [1.807, 2.05) is 6.92 Å². The lowest BCUT2D eigenvalue weighted by atomic mass is 9.87. The molecule has 1 aliphatic carbocycles. The second kappa shape index (κ2) is 8.38. The number of hydrogen-bond donors (Lipinski definition) is 1. The van der Waals surface area contributed by atoms with Gasteiger partial charge in [-0.05, 0) is 37.5 Å². The molecule has 0 bridgehead atoms. The number of rotatable bonds is 5. The van der Waals surface area contributed by atoms with Crippen LogP contribution in [0.25, 0.3) is 0 Å². The lowest BCUT2D eigenvalue weighted by Crippen LogP contribution is -2.54. The molecule has 0 aliphatic heterocycles. The molecule has 0 aromatic heterocycles. The van der Waals surface area contributed by atoms with E-state index in [9.17, 15) is 18.4 Å². The zero-order valence-corrected chi connectivity index (χ0v) is 14.5. The number of carbonyl (C=O) groups is 2. The van der Waals surface area contributed by atoms with Crippen molar-refractivity contribution in [2.24, 2.45) is 5.73 Å². The van der Waals surface area contributed by atoms with Crippen molar-refractivity contribution in [3.05, 3.63) is 35.4 Å². The highest BCUT2D eigenvalue weighted by atomic mass is 19.2. The first-order valence-corrected chi connectivity index (χ1v) is 8.48. The number of nitrogens with two attached hydrogens (primary N) is 1. The quantitative estimate of drug-likeness (QED) is 0.823. The van der Waals surface area contributed by atoms with Crippen molar-refractivity contribution in [3.8, 4) is 0 Å². The summed E-state index contributed by atoms with van der Waals surface area (Å²) in [5, 5.41) is 0. The van der Waals surface area contributed by atoms with Crippen LogP contribution in [-0.2, 0) is 20.7 Å². The summed E-state index contributed by atoms with van der Waals surface area (Å²) in [6.07, 6.45) is 1.55. The summed E-state index contributed by atoms with van der Waals surface area (Å²) in [4.78, 5) is 25.4. The average Bonchev–Trinajstić information content (AvgIpc) is 2.53. The number of halogens is 2. The zero-order valence-electron chi connectivity index (χ0n) is 14.5. The van der Waals surface area contributed by atoms with Crippen LogP contribution in [0.2, 0.25) is 0 Å². The standard InChI is InChI=1S/C18H24F2N2O3/c1-3-22(17-7-5-13(10-16(17)21)25-11(2)23)18(24)9-12-4-6-14(19)15(20)8-12/h4,6,8,13,16-17H,3,5,7,9-10,21H2,1-2H3. The number of esters is 1. The fourth-order valence-electron chi connectivity index (χ4n) is 3.40. The largest absolute Gasteiger partial charge is 0.463 e. The fourth-order valence-corrected chi connectivity index (χ4v) is 3.40. The van der Waals surface area contributed by atoms with Gasteiger partial charge in [-0.1, -0.05) is 6.07 Å². The van der Waals surface area contributed by atoms with Gasteiger partial charge in [-0.25, -0.2) is 8.78 Å². The van der Waals surface area contributed by atoms with Crippen molar-refractivity contribution >= 4 is 11.9 Å². The molecule has 0 heterocycles. The van der Waals surface area contributed by atoms with E-state index in [1.54, 1.807) is 4.90 Å². The summed E-state index contributed by atoms with van der Waals surface area (Å²) in [6.45, 7) is 3.69. The van der Waals surface area contributed by atoms with E-state index in [0.29, 0.717) is 31.4 Å². The highest BCUT2D eigenvalue weighted by Crippen LogP contribution is 2.25. The molecule has 1 aromatic carbocycles. The Hall–Kier alpha value is -2.02. The minimum absolute atomic E-state index is 0.0123. The van der Waals surface area contributed by atoms with Gasteiger partial charge < -0.3 is 15.4 Å². The van der Waals surface area contributed by atoms with Gasteiger partial charge in [0.25, 0.3) is 0 Å². The zero-order chi connectivity index (χ0) is 18.6. The van der Waals surface area contributed by atoms with Gasteiger partial charge in [0.1, 0.15) is 6.10 Å². The number of benzene rings is 1. The van der Waals surface area contributed by atoms with Crippen LogP contribution in [-0.4, -0.2) is 41.5 Å². The Morgan fingerprint density at radius 3 is 2.56 bits per heavy atom. The third kappa shape index (κ3) is 4.98. The van der Waals surface area contributed by atoms with Gasteiger partial charge in [-0.3, -0.25) is 9.59 Å². The second-order valence-electron chi connectivity index (χ2n) is 6.38. The summed E-state index contributed by atoms with van der Waals surface area (Å²) < 4.78 is 31.5. The first-order valence-electron chi connectivity index (χ1n) is 8.48. The number of ether oxygens (including phenoxy) is 1. The number of likely N-dealkylation sites (N-methyl/N-ethyl adjacent to an activating group) is 1. The molecule has 1 aliphatic rings. The van der Waals surface area contributed by atoms with E-state index in [0.717, 1.165) is 12.1 Å². The number of nitrogens with zero attached hydrogens (tertiary/aromatic N) is 1. The maximum absolute atomic E-state index is 13.3. The molecule has 0 spiro atoms. The molecule has 0 saturated heterocycles. The van der Waals surface area contributed by atoms with Crippen molar-refractivity contribution < 1.29 is 23.1 Å². The van der Waals surface area contributed by atoms with E-state index in [1.165, 1.54) is 13.0 Å². The van der Waals surface area contributed by atoms with E-state index in [-0.39, 0.29) is 36.5 Å². The Morgan fingerprint density at radius 2 is 2.00 bits per heavy atom. The lowest BCUT2D eigenvalue weighted by Gasteiger charge is -2.40. The summed E-state index contributed by atoms with van der Waals surface area (Å²) in [6, 6.07) is 3.01. The SMILES string of the molecule is CCN(C(=O)Cc1ccc(F)c(F)c1)C1CCC(OC(C)=O)CC1N. The van der Waals surface area contributed by atoms with Crippen molar-refractivity contribution in [1.82, 2.24) is 4.90 Å². The maximum Gasteiger partial charge on any atom is 0.302 e. The van der Waals surface area contributed by atoms with Crippen molar-refractivity contribution in [2.45, 2.75) is 57.7 Å². The van der Waals surface area contributed by atoms with Gasteiger partial charge in [0, 0.05) is 32.0 Å². The molecule has 1 aromatic rings. The minimum atomic E-state index is -0.966. The maximum atomic E-state index is 13.3.